The molecule has 4 nitrogen and oxygen atoms in total. The van der Waals surface area contributed by atoms with Gasteiger partial charge < -0.3 is 9.64 Å². The third kappa shape index (κ3) is 4.18. The second-order valence-corrected chi connectivity index (χ2v) is 6.99. The SMILES string of the molecule is COc1ccc(C(C)=O)cc1CC(=O)N(C1CC1)C(C)c1ccccc1F. The average molecular weight is 369 g/mol. The number of ketones is 1. The highest BCUT2D eigenvalue weighted by Gasteiger charge is 2.37. The number of benzene rings is 2. The molecule has 0 heterocycles. The molecule has 5 heteroatoms. The van der Waals surface area contributed by atoms with Gasteiger partial charge in [0, 0.05) is 22.7 Å². The second kappa shape index (κ2) is 7.91. The molecule has 142 valence electrons. The first kappa shape index (κ1) is 19.1. The molecule has 0 aliphatic heterocycles. The van der Waals surface area contributed by atoms with E-state index in [1.54, 1.807) is 41.3 Å². The molecule has 3 rings (SSSR count). The molecule has 0 saturated heterocycles. The van der Waals surface area contributed by atoms with Crippen LogP contribution >= 0.6 is 0 Å². The Labute approximate surface area is 158 Å². The molecule has 1 atom stereocenters. The summed E-state index contributed by atoms with van der Waals surface area (Å²) in [6.45, 7) is 3.35. The standard InChI is InChI=1S/C22H24FNO3/c1-14(19-6-4-5-7-20(19)23)24(18-9-10-18)22(26)13-17-12-16(15(2)25)8-11-21(17)27-3/h4-8,11-12,14,18H,9-10,13H2,1-3H3. The van der Waals surface area contributed by atoms with E-state index in [1.165, 1.54) is 20.1 Å². The Morgan fingerprint density at radius 3 is 2.52 bits per heavy atom. The summed E-state index contributed by atoms with van der Waals surface area (Å²) < 4.78 is 19.6. The van der Waals surface area contributed by atoms with E-state index in [9.17, 15) is 14.0 Å². The van der Waals surface area contributed by atoms with E-state index >= 15 is 0 Å². The van der Waals surface area contributed by atoms with Crippen molar-refractivity contribution in [2.75, 3.05) is 7.11 Å². The average Bonchev–Trinajstić information content (AvgIpc) is 3.47. The number of Topliss-reactive ketones (excluding diaryl/α,β-unsaturated/α-hetero) is 1. The molecule has 1 aliphatic carbocycles. The Morgan fingerprint density at radius 2 is 1.93 bits per heavy atom. The first-order valence-electron chi connectivity index (χ1n) is 9.15. The van der Waals surface area contributed by atoms with Gasteiger partial charge in [-0.1, -0.05) is 18.2 Å². The maximum atomic E-state index is 14.2. The van der Waals surface area contributed by atoms with Crippen molar-refractivity contribution in [2.24, 2.45) is 0 Å². The fourth-order valence-electron chi connectivity index (χ4n) is 3.44. The van der Waals surface area contributed by atoms with Crippen molar-refractivity contribution < 1.29 is 18.7 Å². The summed E-state index contributed by atoms with van der Waals surface area (Å²) >= 11 is 0. The lowest BCUT2D eigenvalue weighted by Crippen LogP contribution is -2.37. The molecule has 0 N–H and O–H groups in total. The Balaban J connectivity index is 1.88. The highest BCUT2D eigenvalue weighted by molar-refractivity contribution is 5.94. The van der Waals surface area contributed by atoms with Gasteiger partial charge in [-0.2, -0.15) is 0 Å². The van der Waals surface area contributed by atoms with Crippen molar-refractivity contribution in [1.82, 2.24) is 4.90 Å². The first-order chi connectivity index (χ1) is 12.9. The molecule has 1 saturated carbocycles. The molecule has 0 aromatic heterocycles. The van der Waals surface area contributed by atoms with E-state index < -0.39 is 0 Å². The lowest BCUT2D eigenvalue weighted by Gasteiger charge is -2.30. The Morgan fingerprint density at radius 1 is 1.22 bits per heavy atom. The number of nitrogens with zero attached hydrogens (tertiary/aromatic N) is 1. The first-order valence-corrected chi connectivity index (χ1v) is 9.15. The van der Waals surface area contributed by atoms with E-state index in [1.807, 2.05) is 6.92 Å². The van der Waals surface area contributed by atoms with Crippen LogP contribution in [-0.4, -0.2) is 29.7 Å². The Hall–Kier alpha value is -2.69. The molecule has 1 aliphatic rings. The smallest absolute Gasteiger partial charge is 0.227 e. The molecule has 1 unspecified atom stereocenters. The minimum atomic E-state index is -0.354. The largest absolute Gasteiger partial charge is 0.496 e. The zero-order valence-electron chi connectivity index (χ0n) is 15.9. The lowest BCUT2D eigenvalue weighted by atomic mass is 10.0. The summed E-state index contributed by atoms with van der Waals surface area (Å²) in [5, 5.41) is 0. The lowest BCUT2D eigenvalue weighted by molar-refractivity contribution is -0.133. The molecule has 1 fully saturated rings. The third-order valence-corrected chi connectivity index (χ3v) is 5.03. The van der Waals surface area contributed by atoms with Crippen LogP contribution in [0.2, 0.25) is 0 Å². The van der Waals surface area contributed by atoms with Crippen LogP contribution in [0.5, 0.6) is 5.75 Å². The number of carbonyl (C=O) groups is 2. The van der Waals surface area contributed by atoms with Crippen LogP contribution in [0.4, 0.5) is 4.39 Å². The minimum absolute atomic E-state index is 0.0647. The summed E-state index contributed by atoms with van der Waals surface area (Å²) in [6.07, 6.45) is 1.96. The van der Waals surface area contributed by atoms with Crippen LogP contribution in [0.25, 0.3) is 0 Å². The number of amides is 1. The third-order valence-electron chi connectivity index (χ3n) is 5.03. The van der Waals surface area contributed by atoms with Crippen molar-refractivity contribution in [3.8, 4) is 5.75 Å². The van der Waals surface area contributed by atoms with Crippen molar-refractivity contribution in [1.29, 1.82) is 0 Å². The summed E-state index contributed by atoms with van der Waals surface area (Å²) in [4.78, 5) is 26.6. The zero-order valence-corrected chi connectivity index (χ0v) is 15.9. The van der Waals surface area contributed by atoms with Crippen molar-refractivity contribution in [3.63, 3.8) is 0 Å². The van der Waals surface area contributed by atoms with Gasteiger partial charge in [-0.3, -0.25) is 9.59 Å². The van der Waals surface area contributed by atoms with Crippen LogP contribution < -0.4 is 4.74 Å². The van der Waals surface area contributed by atoms with Gasteiger partial charge >= 0.3 is 0 Å². The molecule has 1 amide bonds. The van der Waals surface area contributed by atoms with E-state index in [0.717, 1.165) is 12.8 Å². The normalized spacial score (nSPS) is 14.5. The van der Waals surface area contributed by atoms with Crippen molar-refractivity contribution in [3.05, 3.63) is 65.0 Å². The predicted molar refractivity (Wildman–Crippen MR) is 101 cm³/mol. The molecule has 27 heavy (non-hydrogen) atoms. The van der Waals surface area contributed by atoms with Crippen molar-refractivity contribution in [2.45, 2.75) is 45.2 Å². The van der Waals surface area contributed by atoms with Gasteiger partial charge in [0.25, 0.3) is 0 Å². The van der Waals surface area contributed by atoms with Gasteiger partial charge in [0.2, 0.25) is 5.91 Å². The van der Waals surface area contributed by atoms with E-state index in [-0.39, 0.29) is 36.0 Å². The van der Waals surface area contributed by atoms with E-state index in [2.05, 4.69) is 0 Å². The quantitative estimate of drug-likeness (QED) is 0.683. The predicted octanol–water partition coefficient (Wildman–Crippen LogP) is 4.33. The van der Waals surface area contributed by atoms with Gasteiger partial charge in [0.15, 0.2) is 5.78 Å². The highest BCUT2D eigenvalue weighted by Crippen LogP contribution is 2.36. The van der Waals surface area contributed by atoms with Crippen LogP contribution in [0, 0.1) is 5.82 Å². The number of methoxy groups -OCH3 is 1. The number of halogens is 1. The van der Waals surface area contributed by atoms with E-state index in [0.29, 0.717) is 22.4 Å². The van der Waals surface area contributed by atoms with Crippen molar-refractivity contribution >= 4 is 11.7 Å². The summed E-state index contributed by atoms with van der Waals surface area (Å²) in [5.74, 6) is 0.111. The van der Waals surface area contributed by atoms with Crippen LogP contribution in [0.1, 0.15) is 54.2 Å². The van der Waals surface area contributed by atoms with Crippen LogP contribution in [0.3, 0.4) is 0 Å². The minimum Gasteiger partial charge on any atom is -0.496 e. The maximum absolute atomic E-state index is 14.2. The number of carbonyl (C=O) groups excluding carboxylic acids is 2. The summed E-state index contributed by atoms with van der Waals surface area (Å²) in [5.41, 5.74) is 1.72. The molecular formula is C22H24FNO3. The van der Waals surface area contributed by atoms with Gasteiger partial charge in [0.1, 0.15) is 11.6 Å². The Bertz CT molecular complexity index is 860. The van der Waals surface area contributed by atoms with E-state index in [4.69, 9.17) is 4.74 Å². The summed E-state index contributed by atoms with van der Waals surface area (Å²) in [7, 11) is 1.54. The summed E-state index contributed by atoms with van der Waals surface area (Å²) in [6, 6.07) is 11.5. The van der Waals surface area contributed by atoms with Gasteiger partial charge in [-0.05, 0) is 51.0 Å². The molecule has 2 aromatic rings. The number of rotatable bonds is 7. The fourth-order valence-corrected chi connectivity index (χ4v) is 3.44. The maximum Gasteiger partial charge on any atom is 0.227 e. The molecule has 0 spiro atoms. The van der Waals surface area contributed by atoms with Crippen LogP contribution in [0.15, 0.2) is 42.5 Å². The zero-order chi connectivity index (χ0) is 19.6. The number of ether oxygens (including phenoxy) is 1. The van der Waals surface area contributed by atoms with Gasteiger partial charge in [-0.25, -0.2) is 4.39 Å². The van der Waals surface area contributed by atoms with Gasteiger partial charge in [0.05, 0.1) is 19.6 Å². The molecule has 0 bridgehead atoms. The number of hydrogen-bond donors (Lipinski definition) is 0. The topological polar surface area (TPSA) is 46.6 Å². The second-order valence-electron chi connectivity index (χ2n) is 6.99. The molecular weight excluding hydrogens is 345 g/mol. The van der Waals surface area contributed by atoms with Gasteiger partial charge in [-0.15, -0.1) is 0 Å². The number of hydrogen-bond acceptors (Lipinski definition) is 3. The molecule has 0 radical (unpaired) electrons. The van der Waals surface area contributed by atoms with Crippen LogP contribution in [-0.2, 0) is 11.2 Å². The monoisotopic (exact) mass is 369 g/mol. The fraction of sp³-hybridized carbons (Fsp3) is 0.364. The Kier molecular flexibility index (Phi) is 5.59. The highest BCUT2D eigenvalue weighted by atomic mass is 19.1. The molecule has 2 aromatic carbocycles.